The average molecular weight is 401 g/mol. The van der Waals surface area contributed by atoms with Crippen molar-refractivity contribution in [3.63, 3.8) is 0 Å². The molecule has 0 aliphatic carbocycles. The molecular formula is C23H45ClN2O. The Bertz CT molecular complexity index is 398. The number of aliphatic imine (C=N–C) groups is 1. The van der Waals surface area contributed by atoms with E-state index in [0.29, 0.717) is 0 Å². The van der Waals surface area contributed by atoms with Gasteiger partial charge in [0.25, 0.3) is 0 Å². The van der Waals surface area contributed by atoms with E-state index >= 15 is 0 Å². The first kappa shape index (κ1) is 26.6. The molecule has 0 fully saturated rings. The second-order valence-electron chi connectivity index (χ2n) is 8.24. The average Bonchev–Trinajstić information content (AvgIpc) is 2.99. The molecule has 0 saturated carbocycles. The van der Waals surface area contributed by atoms with E-state index in [1.807, 2.05) is 0 Å². The highest BCUT2D eigenvalue weighted by molar-refractivity contribution is 5.87. The topological polar surface area (TPSA) is 32.6 Å². The summed E-state index contributed by atoms with van der Waals surface area (Å²) in [6.07, 6.45) is 24.0. The third-order valence-electron chi connectivity index (χ3n) is 5.76. The van der Waals surface area contributed by atoms with Crippen LogP contribution in [0.2, 0.25) is 0 Å². The normalized spacial score (nSPS) is 19.4. The molecule has 1 N–H and O–H groups in total. The van der Waals surface area contributed by atoms with Gasteiger partial charge in [0.15, 0.2) is 0 Å². The molecule has 160 valence electrons. The zero-order valence-corrected chi connectivity index (χ0v) is 18.9. The Hall–Kier alpha value is -0.380. The fraction of sp³-hybridized carbons (Fsp3) is 0.870. The summed E-state index contributed by atoms with van der Waals surface area (Å²) in [4.78, 5) is 4.60. The molecule has 1 aliphatic heterocycles. The first-order valence-corrected chi connectivity index (χ1v) is 11.4. The minimum Gasteiger partial charge on any atom is -1.00 e. The Kier molecular flexibility index (Phi) is 17.5. The van der Waals surface area contributed by atoms with Gasteiger partial charge in [0.2, 0.25) is 5.84 Å². The third-order valence-corrected chi connectivity index (χ3v) is 5.76. The summed E-state index contributed by atoms with van der Waals surface area (Å²) in [5.41, 5.74) is 0. The van der Waals surface area contributed by atoms with Crippen molar-refractivity contribution in [2.24, 2.45) is 4.99 Å². The van der Waals surface area contributed by atoms with Crippen molar-refractivity contribution < 1.29 is 22.0 Å². The van der Waals surface area contributed by atoms with Crippen LogP contribution < -0.4 is 12.4 Å². The lowest BCUT2D eigenvalue weighted by Gasteiger charge is -2.27. The van der Waals surface area contributed by atoms with Crippen molar-refractivity contribution in [1.82, 2.24) is 0 Å². The number of hydrogen-bond donors (Lipinski definition) is 1. The molecule has 27 heavy (non-hydrogen) atoms. The number of amidine groups is 1. The number of quaternary nitrogens is 1. The standard InChI is InChI=1S/C23H45N2O.ClH/c1-3-4-5-6-7-8-9-10-11-12-13-14-15-16-17-18-23-24-19-20-25(23,2)21-22-26;/h17-18,26H,3-16,19-22H2,1-2H3;1H/q+1;/p-1. The summed E-state index contributed by atoms with van der Waals surface area (Å²) in [6.45, 7) is 5.23. The van der Waals surface area contributed by atoms with Gasteiger partial charge in [-0.2, -0.15) is 0 Å². The van der Waals surface area contributed by atoms with Gasteiger partial charge in [-0.05, 0) is 12.8 Å². The van der Waals surface area contributed by atoms with E-state index in [1.165, 1.54) is 83.5 Å². The predicted octanol–water partition coefficient (Wildman–Crippen LogP) is 2.88. The quantitative estimate of drug-likeness (QED) is 0.295. The highest BCUT2D eigenvalue weighted by atomic mass is 35.5. The fourth-order valence-electron chi connectivity index (χ4n) is 3.82. The molecule has 0 spiro atoms. The van der Waals surface area contributed by atoms with Gasteiger partial charge < -0.3 is 17.5 Å². The number of unbranched alkanes of at least 4 members (excludes halogenated alkanes) is 13. The highest BCUT2D eigenvalue weighted by Crippen LogP contribution is 2.15. The molecule has 1 rings (SSSR count). The molecule has 0 aromatic carbocycles. The molecule has 0 aromatic heterocycles. The minimum atomic E-state index is 0. The summed E-state index contributed by atoms with van der Waals surface area (Å²) in [5, 5.41) is 9.22. The van der Waals surface area contributed by atoms with Gasteiger partial charge in [-0.1, -0.05) is 90.0 Å². The maximum absolute atomic E-state index is 9.22. The van der Waals surface area contributed by atoms with E-state index in [0.717, 1.165) is 36.4 Å². The molecule has 0 aromatic rings. The van der Waals surface area contributed by atoms with Gasteiger partial charge in [-0.3, -0.25) is 4.48 Å². The largest absolute Gasteiger partial charge is 1.00 e. The number of aliphatic hydroxyl groups excluding tert-OH is 1. The number of halogens is 1. The van der Waals surface area contributed by atoms with Crippen molar-refractivity contribution in [2.45, 2.75) is 96.8 Å². The smallest absolute Gasteiger partial charge is 0.222 e. The number of hydrogen-bond acceptors (Lipinski definition) is 2. The van der Waals surface area contributed by atoms with Crippen LogP contribution in [-0.2, 0) is 0 Å². The number of rotatable bonds is 17. The van der Waals surface area contributed by atoms with Crippen LogP contribution in [0.1, 0.15) is 96.8 Å². The zero-order valence-electron chi connectivity index (χ0n) is 18.1. The van der Waals surface area contributed by atoms with E-state index in [9.17, 15) is 5.11 Å². The second-order valence-corrected chi connectivity index (χ2v) is 8.24. The maximum atomic E-state index is 9.22. The maximum Gasteiger partial charge on any atom is 0.222 e. The Balaban J connectivity index is 0.00000676. The Morgan fingerprint density at radius 3 is 1.93 bits per heavy atom. The van der Waals surface area contributed by atoms with Crippen LogP contribution in [0.4, 0.5) is 0 Å². The molecule has 1 unspecified atom stereocenters. The monoisotopic (exact) mass is 400 g/mol. The summed E-state index contributed by atoms with van der Waals surface area (Å²) < 4.78 is 0.797. The second kappa shape index (κ2) is 17.7. The van der Waals surface area contributed by atoms with Gasteiger partial charge in [-0.15, -0.1) is 0 Å². The van der Waals surface area contributed by atoms with Crippen molar-refractivity contribution in [3.05, 3.63) is 12.2 Å². The van der Waals surface area contributed by atoms with Crippen molar-refractivity contribution in [3.8, 4) is 0 Å². The molecule has 1 aliphatic rings. The van der Waals surface area contributed by atoms with Crippen molar-refractivity contribution in [2.75, 3.05) is 33.3 Å². The zero-order chi connectivity index (χ0) is 18.9. The predicted molar refractivity (Wildman–Crippen MR) is 115 cm³/mol. The van der Waals surface area contributed by atoms with E-state index < -0.39 is 0 Å². The SMILES string of the molecule is CCCCCCCCCCCCCCCC=CC1=NCC[N+]1(C)CCO.[Cl-]. The van der Waals surface area contributed by atoms with E-state index in [-0.39, 0.29) is 19.0 Å². The summed E-state index contributed by atoms with van der Waals surface area (Å²) in [7, 11) is 2.18. The van der Waals surface area contributed by atoms with Crippen molar-refractivity contribution >= 4 is 5.84 Å². The van der Waals surface area contributed by atoms with Gasteiger partial charge in [0.1, 0.15) is 13.1 Å². The van der Waals surface area contributed by atoms with Crippen LogP contribution in [0, 0.1) is 0 Å². The molecule has 0 radical (unpaired) electrons. The van der Waals surface area contributed by atoms with Crippen LogP contribution in [0.3, 0.4) is 0 Å². The molecule has 4 heteroatoms. The molecule has 0 saturated heterocycles. The first-order valence-electron chi connectivity index (χ1n) is 11.4. The molecule has 1 atom stereocenters. The summed E-state index contributed by atoms with van der Waals surface area (Å²) in [5.74, 6) is 1.15. The van der Waals surface area contributed by atoms with Crippen LogP contribution in [0.25, 0.3) is 0 Å². The lowest BCUT2D eigenvalue weighted by Crippen LogP contribution is -3.00. The Morgan fingerprint density at radius 2 is 1.41 bits per heavy atom. The van der Waals surface area contributed by atoms with Gasteiger partial charge in [0, 0.05) is 6.08 Å². The summed E-state index contributed by atoms with van der Waals surface area (Å²) >= 11 is 0. The molecule has 3 nitrogen and oxygen atoms in total. The van der Waals surface area contributed by atoms with Crippen molar-refractivity contribution in [1.29, 1.82) is 0 Å². The Labute approximate surface area is 175 Å². The number of likely N-dealkylation sites (N-methyl/N-ethyl adjacent to an activating group) is 1. The van der Waals surface area contributed by atoms with Crippen LogP contribution in [0.15, 0.2) is 17.1 Å². The number of aliphatic hydroxyl groups is 1. The fourth-order valence-corrected chi connectivity index (χ4v) is 3.82. The van der Waals surface area contributed by atoms with E-state index in [1.54, 1.807) is 0 Å². The summed E-state index contributed by atoms with van der Waals surface area (Å²) in [6, 6.07) is 0. The van der Waals surface area contributed by atoms with Gasteiger partial charge >= 0.3 is 0 Å². The van der Waals surface area contributed by atoms with Crippen LogP contribution in [-0.4, -0.2) is 48.7 Å². The van der Waals surface area contributed by atoms with Gasteiger partial charge in [0.05, 0.1) is 20.2 Å². The Morgan fingerprint density at radius 1 is 0.889 bits per heavy atom. The van der Waals surface area contributed by atoms with Crippen LogP contribution in [0.5, 0.6) is 0 Å². The molecular weight excluding hydrogens is 356 g/mol. The first-order chi connectivity index (χ1) is 12.7. The van der Waals surface area contributed by atoms with Gasteiger partial charge in [-0.25, -0.2) is 4.99 Å². The molecule has 0 bridgehead atoms. The highest BCUT2D eigenvalue weighted by Gasteiger charge is 2.30. The molecule has 0 amide bonds. The lowest BCUT2D eigenvalue weighted by atomic mass is 10.0. The van der Waals surface area contributed by atoms with E-state index in [4.69, 9.17) is 0 Å². The third kappa shape index (κ3) is 12.6. The lowest BCUT2D eigenvalue weighted by molar-refractivity contribution is -0.813. The van der Waals surface area contributed by atoms with E-state index in [2.05, 4.69) is 31.1 Å². The molecule has 1 heterocycles. The number of allylic oxidation sites excluding steroid dienone is 1. The van der Waals surface area contributed by atoms with Crippen LogP contribution >= 0.6 is 0 Å². The minimum absolute atomic E-state index is 0. The number of nitrogens with zero attached hydrogens (tertiary/aromatic N) is 2.